The number of amides is 2. The predicted octanol–water partition coefficient (Wildman–Crippen LogP) is 5.18. The van der Waals surface area contributed by atoms with Crippen molar-refractivity contribution in [2.75, 3.05) is 52.3 Å². The number of aromatic nitrogens is 1. The lowest BCUT2D eigenvalue weighted by atomic mass is 9.95. The lowest BCUT2D eigenvalue weighted by molar-refractivity contribution is -0.122. The number of aryl methyl sites for hydroxylation is 1. The van der Waals surface area contributed by atoms with E-state index in [1.807, 2.05) is 48.9 Å². The Morgan fingerprint density at radius 3 is 2.47 bits per heavy atom. The van der Waals surface area contributed by atoms with Gasteiger partial charge in [-0.2, -0.15) is 11.8 Å². The SMILES string of the molecule is COc1ccc2c(ccn2CCNC(=O)[C@H](CCSC)Nc2ccc3c(cc2=O)[C@@H](NC(C)=O)CCc2cc(OC)c(OC)c(OC)c2-3)c1. The number of nitrogens with zero attached hydrogens (tertiary/aromatic N) is 1. The number of fused-ring (bicyclic) bond motifs is 4. The van der Waals surface area contributed by atoms with Gasteiger partial charge in [0.15, 0.2) is 11.5 Å². The van der Waals surface area contributed by atoms with Crippen molar-refractivity contribution in [2.45, 2.75) is 44.8 Å². The van der Waals surface area contributed by atoms with Crippen molar-refractivity contribution in [1.82, 2.24) is 15.2 Å². The molecule has 0 unspecified atom stereocenters. The van der Waals surface area contributed by atoms with Crippen molar-refractivity contribution >= 4 is 40.2 Å². The summed E-state index contributed by atoms with van der Waals surface area (Å²) < 4.78 is 24.6. The van der Waals surface area contributed by atoms with Crippen molar-refractivity contribution in [3.63, 3.8) is 0 Å². The maximum atomic E-state index is 13.9. The normalized spacial score (nSPS) is 14.1. The van der Waals surface area contributed by atoms with Gasteiger partial charge in [-0.05, 0) is 90.4 Å². The van der Waals surface area contributed by atoms with Crippen molar-refractivity contribution in [2.24, 2.45) is 0 Å². The standard InChI is InChI=1S/C37H44N4O7S/c1-22(42)39-28-10-7-24-20-33(46-3)35(47-4)36(48-5)34(24)26-9-11-29(32(43)21-27(26)28)40-30(14-18-49-6)37(44)38-15-17-41-16-13-23-19-25(45-2)8-12-31(23)41/h8-9,11-13,16,19-21,28,30H,7,10,14-15,17-18H2,1-6H3,(H,38,44)(H,39,42)(H,40,43)/t28-,30-/m0/s1. The number of methoxy groups -OCH3 is 4. The summed E-state index contributed by atoms with van der Waals surface area (Å²) in [5.41, 5.74) is 4.10. The highest BCUT2D eigenvalue weighted by Crippen LogP contribution is 2.50. The molecule has 0 saturated heterocycles. The molecule has 5 rings (SSSR count). The van der Waals surface area contributed by atoms with E-state index in [1.165, 1.54) is 6.92 Å². The van der Waals surface area contributed by atoms with Gasteiger partial charge in [0.2, 0.25) is 23.0 Å². The molecule has 2 atom stereocenters. The molecule has 11 nitrogen and oxygen atoms in total. The van der Waals surface area contributed by atoms with Gasteiger partial charge in [-0.3, -0.25) is 14.4 Å². The molecule has 4 aromatic rings. The zero-order valence-electron chi connectivity index (χ0n) is 28.8. The monoisotopic (exact) mass is 688 g/mol. The summed E-state index contributed by atoms with van der Waals surface area (Å²) in [6, 6.07) is 13.9. The number of carbonyl (C=O) groups excluding carboxylic acids is 2. The molecular formula is C37H44N4O7S. The Kier molecular flexibility index (Phi) is 11.6. The molecular weight excluding hydrogens is 644 g/mol. The summed E-state index contributed by atoms with van der Waals surface area (Å²) in [6.07, 6.45) is 5.63. The van der Waals surface area contributed by atoms with Crippen molar-refractivity contribution in [1.29, 1.82) is 0 Å². The molecule has 3 N–H and O–H groups in total. The Labute approximate surface area is 290 Å². The van der Waals surface area contributed by atoms with E-state index in [0.717, 1.165) is 39.1 Å². The third-order valence-corrected chi connectivity index (χ3v) is 9.45. The maximum Gasteiger partial charge on any atom is 0.242 e. The van der Waals surface area contributed by atoms with Crippen LogP contribution in [0.5, 0.6) is 23.0 Å². The van der Waals surface area contributed by atoms with Crippen LogP contribution in [0.2, 0.25) is 0 Å². The fourth-order valence-corrected chi connectivity index (χ4v) is 6.91. The Balaban J connectivity index is 1.46. The third-order valence-electron chi connectivity index (χ3n) is 8.80. The van der Waals surface area contributed by atoms with Gasteiger partial charge in [-0.1, -0.05) is 6.07 Å². The molecule has 1 aromatic heterocycles. The largest absolute Gasteiger partial charge is 0.497 e. The summed E-state index contributed by atoms with van der Waals surface area (Å²) in [5.74, 6) is 2.54. The maximum absolute atomic E-state index is 13.9. The first-order chi connectivity index (χ1) is 23.7. The Hall–Kier alpha value is -4.84. The third kappa shape index (κ3) is 7.75. The van der Waals surface area contributed by atoms with E-state index in [4.69, 9.17) is 18.9 Å². The van der Waals surface area contributed by atoms with Crippen molar-refractivity contribution < 1.29 is 28.5 Å². The number of thioether (sulfide) groups is 1. The van der Waals surface area contributed by atoms with E-state index in [9.17, 15) is 14.4 Å². The fraction of sp³-hybridized carbons (Fsp3) is 0.378. The molecule has 0 spiro atoms. The highest BCUT2D eigenvalue weighted by Gasteiger charge is 2.30. The number of rotatable bonds is 14. The van der Waals surface area contributed by atoms with Crippen LogP contribution in [0.25, 0.3) is 22.0 Å². The second kappa shape index (κ2) is 16.0. The molecule has 1 aliphatic carbocycles. The molecule has 1 aliphatic rings. The second-order valence-corrected chi connectivity index (χ2v) is 12.8. The lowest BCUT2D eigenvalue weighted by Gasteiger charge is -2.19. The summed E-state index contributed by atoms with van der Waals surface area (Å²) in [6.45, 7) is 2.45. The van der Waals surface area contributed by atoms with Gasteiger partial charge in [-0.25, -0.2) is 0 Å². The Morgan fingerprint density at radius 1 is 0.980 bits per heavy atom. The van der Waals surface area contributed by atoms with Crippen LogP contribution in [0.1, 0.15) is 36.9 Å². The summed E-state index contributed by atoms with van der Waals surface area (Å²) in [5, 5.41) is 10.4. The molecule has 1 heterocycles. The molecule has 0 saturated carbocycles. The number of benzene rings is 2. The quantitative estimate of drug-likeness (QED) is 0.164. The van der Waals surface area contributed by atoms with E-state index in [2.05, 4.69) is 20.5 Å². The van der Waals surface area contributed by atoms with Gasteiger partial charge in [0.1, 0.15) is 11.8 Å². The molecule has 0 aliphatic heterocycles. The van der Waals surface area contributed by atoms with Crippen molar-refractivity contribution in [3.8, 4) is 34.1 Å². The Bertz CT molecular complexity index is 1890. The second-order valence-electron chi connectivity index (χ2n) is 11.8. The molecule has 0 bridgehead atoms. The topological polar surface area (TPSA) is 129 Å². The minimum Gasteiger partial charge on any atom is -0.497 e. The van der Waals surface area contributed by atoms with Gasteiger partial charge < -0.3 is 39.5 Å². The first kappa shape index (κ1) is 35.5. The van der Waals surface area contributed by atoms with Gasteiger partial charge in [0.05, 0.1) is 40.2 Å². The fourth-order valence-electron chi connectivity index (χ4n) is 6.44. The van der Waals surface area contributed by atoms with Crippen LogP contribution >= 0.6 is 11.8 Å². The zero-order chi connectivity index (χ0) is 35.1. The molecule has 49 heavy (non-hydrogen) atoms. The Morgan fingerprint density at radius 2 is 1.78 bits per heavy atom. The first-order valence-electron chi connectivity index (χ1n) is 16.2. The van der Waals surface area contributed by atoms with Gasteiger partial charge >= 0.3 is 0 Å². The van der Waals surface area contributed by atoms with Crippen LogP contribution in [-0.2, 0) is 22.6 Å². The number of hydrogen-bond acceptors (Lipinski definition) is 9. The van der Waals surface area contributed by atoms with Gasteiger partial charge in [0, 0.05) is 42.7 Å². The van der Waals surface area contributed by atoms with Crippen LogP contribution in [0.3, 0.4) is 0 Å². The summed E-state index contributed by atoms with van der Waals surface area (Å²) in [4.78, 5) is 39.8. The van der Waals surface area contributed by atoms with E-state index >= 15 is 0 Å². The molecule has 3 aromatic carbocycles. The average Bonchev–Trinajstić information content (AvgIpc) is 3.36. The summed E-state index contributed by atoms with van der Waals surface area (Å²) in [7, 11) is 6.32. The highest BCUT2D eigenvalue weighted by atomic mass is 32.2. The minimum absolute atomic E-state index is 0.195. The predicted molar refractivity (Wildman–Crippen MR) is 195 cm³/mol. The summed E-state index contributed by atoms with van der Waals surface area (Å²) >= 11 is 1.63. The van der Waals surface area contributed by atoms with E-state index in [-0.39, 0.29) is 22.9 Å². The van der Waals surface area contributed by atoms with E-state index in [1.54, 1.807) is 52.3 Å². The molecule has 2 amide bonds. The smallest absolute Gasteiger partial charge is 0.242 e. The number of carbonyl (C=O) groups is 2. The number of ether oxygens (including phenoxy) is 4. The highest BCUT2D eigenvalue weighted by molar-refractivity contribution is 7.98. The number of anilines is 1. The molecule has 12 heteroatoms. The molecule has 0 radical (unpaired) electrons. The number of hydrogen-bond donors (Lipinski definition) is 3. The van der Waals surface area contributed by atoms with Crippen LogP contribution in [0.15, 0.2) is 59.5 Å². The van der Waals surface area contributed by atoms with Crippen LogP contribution < -0.4 is 40.3 Å². The van der Waals surface area contributed by atoms with Gasteiger partial charge in [-0.15, -0.1) is 0 Å². The molecule has 260 valence electrons. The first-order valence-corrected chi connectivity index (χ1v) is 17.6. The van der Waals surface area contributed by atoms with Crippen LogP contribution in [-0.4, -0.2) is 69.4 Å². The van der Waals surface area contributed by atoms with Crippen LogP contribution in [0, 0.1) is 0 Å². The van der Waals surface area contributed by atoms with Crippen LogP contribution in [0.4, 0.5) is 5.69 Å². The van der Waals surface area contributed by atoms with Crippen molar-refractivity contribution in [3.05, 3.63) is 76.1 Å². The molecule has 0 fully saturated rings. The average molecular weight is 689 g/mol. The number of nitrogens with one attached hydrogen (secondary N) is 3. The zero-order valence-corrected chi connectivity index (χ0v) is 29.6. The minimum atomic E-state index is -0.648. The lowest BCUT2D eigenvalue weighted by Crippen LogP contribution is -2.42. The van der Waals surface area contributed by atoms with E-state index < -0.39 is 12.1 Å². The van der Waals surface area contributed by atoms with E-state index in [0.29, 0.717) is 55.2 Å². The van der Waals surface area contributed by atoms with Gasteiger partial charge in [0.25, 0.3) is 0 Å².